The van der Waals surface area contributed by atoms with E-state index in [4.69, 9.17) is 9.47 Å². The van der Waals surface area contributed by atoms with E-state index in [-0.39, 0.29) is 11.7 Å². The molecule has 2 aliphatic heterocycles. The van der Waals surface area contributed by atoms with Gasteiger partial charge in [0.15, 0.2) is 5.79 Å². The molecular weight excluding hydrogens is 342 g/mol. The molecule has 0 bridgehead atoms. The normalized spacial score (nSPS) is 18.6. The van der Waals surface area contributed by atoms with Crippen LogP contribution in [0.4, 0.5) is 11.5 Å². The number of nitrogens with zero attached hydrogens (tertiary/aromatic N) is 2. The summed E-state index contributed by atoms with van der Waals surface area (Å²) in [5.41, 5.74) is 3.21. The van der Waals surface area contributed by atoms with E-state index in [2.05, 4.69) is 15.2 Å². The van der Waals surface area contributed by atoms with Gasteiger partial charge in [-0.1, -0.05) is 29.8 Å². The van der Waals surface area contributed by atoms with Crippen LogP contribution >= 0.6 is 0 Å². The molecule has 1 N–H and O–H groups in total. The van der Waals surface area contributed by atoms with Gasteiger partial charge in [0.25, 0.3) is 0 Å². The highest BCUT2D eigenvalue weighted by atomic mass is 16.7. The number of nitrogens with one attached hydrogen (secondary N) is 1. The topological polar surface area (TPSA) is 63.7 Å². The van der Waals surface area contributed by atoms with Gasteiger partial charge in [-0.2, -0.15) is 0 Å². The van der Waals surface area contributed by atoms with E-state index < -0.39 is 0 Å². The van der Waals surface area contributed by atoms with Gasteiger partial charge >= 0.3 is 0 Å². The molecule has 1 aromatic heterocycles. The lowest BCUT2D eigenvalue weighted by atomic mass is 10.0. The summed E-state index contributed by atoms with van der Waals surface area (Å²) in [6.07, 6.45) is 3.89. The monoisotopic (exact) mass is 367 g/mol. The molecule has 0 unspecified atom stereocenters. The predicted octanol–water partition coefficient (Wildman–Crippen LogP) is 2.91. The molecule has 0 aliphatic carbocycles. The number of rotatable bonds is 4. The SMILES string of the molecule is Cc1cccc(CC(=O)Nc2ccc(N3CCC4(CC3)OCCO4)cn2)c1. The van der Waals surface area contributed by atoms with Gasteiger partial charge in [-0.3, -0.25) is 4.79 Å². The van der Waals surface area contributed by atoms with E-state index in [0.29, 0.717) is 25.5 Å². The fraction of sp³-hybridized carbons (Fsp3) is 0.429. The molecule has 0 saturated carbocycles. The Bertz CT molecular complexity index is 791. The number of anilines is 2. The van der Waals surface area contributed by atoms with Crippen molar-refractivity contribution >= 4 is 17.4 Å². The lowest BCUT2D eigenvalue weighted by Crippen LogP contribution is -2.45. The second kappa shape index (κ2) is 7.66. The Labute approximate surface area is 159 Å². The number of hydrogen-bond donors (Lipinski definition) is 1. The summed E-state index contributed by atoms with van der Waals surface area (Å²) >= 11 is 0. The fourth-order valence-electron chi connectivity index (χ4n) is 3.73. The first-order valence-corrected chi connectivity index (χ1v) is 9.46. The van der Waals surface area contributed by atoms with Crippen LogP contribution in [0.1, 0.15) is 24.0 Å². The number of piperidine rings is 1. The maximum absolute atomic E-state index is 12.2. The molecule has 1 amide bonds. The molecule has 1 aromatic carbocycles. The van der Waals surface area contributed by atoms with Gasteiger partial charge in [0.1, 0.15) is 5.82 Å². The Morgan fingerprint density at radius 1 is 1.19 bits per heavy atom. The molecule has 142 valence electrons. The fourth-order valence-corrected chi connectivity index (χ4v) is 3.73. The molecule has 6 heteroatoms. The van der Waals surface area contributed by atoms with Crippen LogP contribution in [-0.2, 0) is 20.7 Å². The number of carbonyl (C=O) groups is 1. The van der Waals surface area contributed by atoms with Crippen molar-refractivity contribution in [3.05, 3.63) is 53.7 Å². The minimum Gasteiger partial charge on any atom is -0.370 e. The van der Waals surface area contributed by atoms with Gasteiger partial charge in [0.05, 0.1) is 31.5 Å². The number of amides is 1. The van der Waals surface area contributed by atoms with E-state index in [0.717, 1.165) is 42.7 Å². The van der Waals surface area contributed by atoms with Crippen molar-refractivity contribution in [1.82, 2.24) is 4.98 Å². The Morgan fingerprint density at radius 2 is 1.96 bits per heavy atom. The van der Waals surface area contributed by atoms with Crippen LogP contribution in [0.5, 0.6) is 0 Å². The van der Waals surface area contributed by atoms with Gasteiger partial charge in [-0.15, -0.1) is 0 Å². The minimum absolute atomic E-state index is 0.0590. The van der Waals surface area contributed by atoms with E-state index >= 15 is 0 Å². The third-order valence-corrected chi connectivity index (χ3v) is 5.17. The standard InChI is InChI=1S/C21H25N3O3/c1-16-3-2-4-17(13-16)14-20(25)23-19-6-5-18(15-22-19)24-9-7-21(8-10-24)26-11-12-27-21/h2-6,13,15H,7-12,14H2,1H3,(H,22,23,25). The van der Waals surface area contributed by atoms with Crippen LogP contribution < -0.4 is 10.2 Å². The summed E-state index contributed by atoms with van der Waals surface area (Å²) in [4.78, 5) is 18.9. The van der Waals surface area contributed by atoms with Gasteiger partial charge in [-0.05, 0) is 24.6 Å². The van der Waals surface area contributed by atoms with E-state index in [1.165, 1.54) is 0 Å². The zero-order valence-corrected chi connectivity index (χ0v) is 15.6. The number of carbonyl (C=O) groups excluding carboxylic acids is 1. The minimum atomic E-state index is -0.367. The summed E-state index contributed by atoms with van der Waals surface area (Å²) in [6, 6.07) is 11.8. The molecule has 4 rings (SSSR count). The Balaban J connectivity index is 1.32. The average molecular weight is 367 g/mol. The van der Waals surface area contributed by atoms with Gasteiger partial charge in [-0.25, -0.2) is 4.98 Å². The van der Waals surface area contributed by atoms with Crippen molar-refractivity contribution in [2.45, 2.75) is 32.0 Å². The smallest absolute Gasteiger partial charge is 0.229 e. The van der Waals surface area contributed by atoms with Crippen molar-refractivity contribution in [1.29, 1.82) is 0 Å². The molecule has 1 spiro atoms. The largest absolute Gasteiger partial charge is 0.370 e. The van der Waals surface area contributed by atoms with Crippen molar-refractivity contribution < 1.29 is 14.3 Å². The summed E-state index contributed by atoms with van der Waals surface area (Å²) in [5, 5.41) is 2.87. The number of hydrogen-bond acceptors (Lipinski definition) is 5. The lowest BCUT2D eigenvalue weighted by molar-refractivity contribution is -0.169. The molecular formula is C21H25N3O3. The Morgan fingerprint density at radius 3 is 2.63 bits per heavy atom. The Hall–Kier alpha value is -2.44. The molecule has 3 heterocycles. The first-order chi connectivity index (χ1) is 13.1. The average Bonchev–Trinajstić information content (AvgIpc) is 3.11. The molecule has 2 aromatic rings. The van der Waals surface area contributed by atoms with Crippen LogP contribution in [0.15, 0.2) is 42.6 Å². The first-order valence-electron chi connectivity index (χ1n) is 9.46. The third kappa shape index (κ3) is 4.28. The summed E-state index contributed by atoms with van der Waals surface area (Å²) in [6.45, 7) is 5.16. The Kier molecular flexibility index (Phi) is 5.09. The molecule has 0 atom stereocenters. The summed E-state index contributed by atoms with van der Waals surface area (Å²) in [7, 11) is 0. The molecule has 27 heavy (non-hydrogen) atoms. The number of pyridine rings is 1. The van der Waals surface area contributed by atoms with Crippen molar-refractivity contribution in [3.63, 3.8) is 0 Å². The van der Waals surface area contributed by atoms with Crippen LogP contribution in [0.3, 0.4) is 0 Å². The predicted molar refractivity (Wildman–Crippen MR) is 104 cm³/mol. The van der Waals surface area contributed by atoms with Crippen LogP contribution in [0.25, 0.3) is 0 Å². The van der Waals surface area contributed by atoms with Crippen LogP contribution in [0, 0.1) is 6.92 Å². The van der Waals surface area contributed by atoms with E-state index in [9.17, 15) is 4.79 Å². The highest BCUT2D eigenvalue weighted by Crippen LogP contribution is 2.33. The number of aromatic nitrogens is 1. The van der Waals surface area contributed by atoms with E-state index in [1.54, 1.807) is 0 Å². The quantitative estimate of drug-likeness (QED) is 0.900. The van der Waals surface area contributed by atoms with Gasteiger partial charge < -0.3 is 19.7 Å². The highest BCUT2D eigenvalue weighted by molar-refractivity contribution is 5.91. The second-order valence-corrected chi connectivity index (χ2v) is 7.21. The van der Waals surface area contributed by atoms with Gasteiger partial charge in [0, 0.05) is 25.9 Å². The molecule has 6 nitrogen and oxygen atoms in total. The van der Waals surface area contributed by atoms with Crippen molar-refractivity contribution in [2.24, 2.45) is 0 Å². The molecule has 0 radical (unpaired) electrons. The van der Waals surface area contributed by atoms with E-state index in [1.807, 2.05) is 49.5 Å². The zero-order valence-electron chi connectivity index (χ0n) is 15.6. The number of aryl methyl sites for hydroxylation is 1. The van der Waals surface area contributed by atoms with Crippen LogP contribution in [0.2, 0.25) is 0 Å². The summed E-state index contributed by atoms with van der Waals surface area (Å²) in [5.74, 6) is 0.150. The lowest BCUT2D eigenvalue weighted by Gasteiger charge is -2.38. The zero-order chi connectivity index (χ0) is 18.7. The second-order valence-electron chi connectivity index (χ2n) is 7.21. The molecule has 2 fully saturated rings. The van der Waals surface area contributed by atoms with Crippen molar-refractivity contribution in [3.8, 4) is 0 Å². The number of ether oxygens (including phenoxy) is 2. The molecule has 2 saturated heterocycles. The van der Waals surface area contributed by atoms with Crippen molar-refractivity contribution in [2.75, 3.05) is 36.5 Å². The maximum atomic E-state index is 12.2. The number of benzene rings is 1. The maximum Gasteiger partial charge on any atom is 0.229 e. The summed E-state index contributed by atoms with van der Waals surface area (Å²) < 4.78 is 11.5. The van der Waals surface area contributed by atoms with Gasteiger partial charge in [0.2, 0.25) is 5.91 Å². The first kappa shape index (κ1) is 17.9. The third-order valence-electron chi connectivity index (χ3n) is 5.17. The van der Waals surface area contributed by atoms with Crippen LogP contribution in [-0.4, -0.2) is 43.0 Å². The highest BCUT2D eigenvalue weighted by Gasteiger charge is 2.39. The molecule has 2 aliphatic rings.